The van der Waals surface area contributed by atoms with Gasteiger partial charge in [-0.3, -0.25) is 9.59 Å². The first-order valence-corrected chi connectivity index (χ1v) is 11.0. The first-order chi connectivity index (χ1) is 14.0. The van der Waals surface area contributed by atoms with Crippen LogP contribution in [-0.4, -0.2) is 72.1 Å². The lowest BCUT2D eigenvalue weighted by Crippen LogP contribution is -2.59. The number of aliphatic hydroxyl groups excluding tert-OH is 1. The number of carbonyl (C=O) groups excluding carboxylic acids is 2. The van der Waals surface area contributed by atoms with Gasteiger partial charge in [0.15, 0.2) is 0 Å². The largest absolute Gasteiger partial charge is 0.392 e. The molecule has 0 radical (unpaired) electrons. The second-order valence-corrected chi connectivity index (χ2v) is 9.14. The van der Waals surface area contributed by atoms with Gasteiger partial charge < -0.3 is 20.2 Å². The second-order valence-electron chi connectivity index (χ2n) is 9.14. The van der Waals surface area contributed by atoms with Gasteiger partial charge in [0.2, 0.25) is 5.91 Å². The van der Waals surface area contributed by atoms with E-state index in [2.05, 4.69) is 5.32 Å². The Morgan fingerprint density at radius 2 is 1.77 bits per heavy atom. The molecule has 3 heterocycles. The number of rotatable bonds is 2. The van der Waals surface area contributed by atoms with Gasteiger partial charge in [-0.05, 0) is 57.7 Å². The first kappa shape index (κ1) is 23.0. The van der Waals surface area contributed by atoms with Crippen LogP contribution in [0, 0.1) is 18.3 Å². The van der Waals surface area contributed by atoms with Crippen molar-refractivity contribution < 1.29 is 14.7 Å². The monoisotopic (exact) mass is 435 g/mol. The Balaban J connectivity index is 0.00000256. The van der Waals surface area contributed by atoms with E-state index in [0.29, 0.717) is 19.6 Å². The first-order valence-electron chi connectivity index (χ1n) is 11.0. The molecule has 0 bridgehead atoms. The maximum Gasteiger partial charge on any atom is 0.253 e. The van der Waals surface area contributed by atoms with E-state index in [9.17, 15) is 14.7 Å². The molecule has 0 aliphatic carbocycles. The zero-order valence-electron chi connectivity index (χ0n) is 17.8. The molecule has 30 heavy (non-hydrogen) atoms. The standard InChI is InChI=1S/C23H33N3O3.ClH/c1-17-3-5-18(6-4-17)21(28)25-13-8-19(9-14-25)22(29)26-12-2-10-23(16-26)15-24-11-7-20(23)27;/h3-6,19-20,24,27H,2,7-16H2,1H3;1H/t20-,23-;/m0./s1. The number of hydrogen-bond acceptors (Lipinski definition) is 4. The molecule has 3 aliphatic rings. The van der Waals surface area contributed by atoms with Gasteiger partial charge in [0.05, 0.1) is 6.10 Å². The molecule has 6 nitrogen and oxygen atoms in total. The number of aliphatic hydroxyl groups is 1. The van der Waals surface area contributed by atoms with Crippen LogP contribution in [-0.2, 0) is 4.79 Å². The molecule has 2 amide bonds. The van der Waals surface area contributed by atoms with Crippen LogP contribution < -0.4 is 5.32 Å². The van der Waals surface area contributed by atoms with Gasteiger partial charge in [-0.15, -0.1) is 12.4 Å². The minimum absolute atomic E-state index is 0. The predicted molar refractivity (Wildman–Crippen MR) is 119 cm³/mol. The van der Waals surface area contributed by atoms with Crippen LogP contribution in [0.15, 0.2) is 24.3 Å². The second kappa shape index (κ2) is 9.67. The van der Waals surface area contributed by atoms with Crippen molar-refractivity contribution in [3.63, 3.8) is 0 Å². The lowest BCUT2D eigenvalue weighted by Gasteiger charge is -2.49. The molecule has 4 rings (SSSR count). The van der Waals surface area contributed by atoms with Gasteiger partial charge >= 0.3 is 0 Å². The van der Waals surface area contributed by atoms with E-state index >= 15 is 0 Å². The lowest BCUT2D eigenvalue weighted by atomic mass is 9.72. The van der Waals surface area contributed by atoms with Crippen LogP contribution in [0.25, 0.3) is 0 Å². The summed E-state index contributed by atoms with van der Waals surface area (Å²) in [7, 11) is 0. The summed E-state index contributed by atoms with van der Waals surface area (Å²) in [5.74, 6) is 0.259. The number of nitrogens with one attached hydrogen (secondary N) is 1. The Bertz CT molecular complexity index is 745. The van der Waals surface area contributed by atoms with E-state index in [1.165, 1.54) is 0 Å². The van der Waals surface area contributed by atoms with Crippen molar-refractivity contribution in [3.05, 3.63) is 35.4 Å². The van der Waals surface area contributed by atoms with Gasteiger partial charge in [0.1, 0.15) is 0 Å². The molecule has 1 aromatic rings. The highest BCUT2D eigenvalue weighted by atomic mass is 35.5. The molecule has 0 saturated carbocycles. The van der Waals surface area contributed by atoms with Crippen LogP contribution >= 0.6 is 12.4 Å². The van der Waals surface area contributed by atoms with Gasteiger partial charge in [0, 0.05) is 49.6 Å². The summed E-state index contributed by atoms with van der Waals surface area (Å²) in [6.45, 7) is 6.36. The van der Waals surface area contributed by atoms with Crippen molar-refractivity contribution in [2.75, 3.05) is 39.3 Å². The smallest absolute Gasteiger partial charge is 0.253 e. The molecule has 166 valence electrons. The maximum atomic E-state index is 13.2. The average molecular weight is 436 g/mol. The Morgan fingerprint density at radius 1 is 1.07 bits per heavy atom. The van der Waals surface area contributed by atoms with Crippen LogP contribution in [0.1, 0.15) is 48.0 Å². The number of piperidine rings is 3. The topological polar surface area (TPSA) is 72.9 Å². The van der Waals surface area contributed by atoms with Crippen LogP contribution in [0.5, 0.6) is 0 Å². The Morgan fingerprint density at radius 3 is 2.43 bits per heavy atom. The molecule has 0 unspecified atom stereocenters. The summed E-state index contributed by atoms with van der Waals surface area (Å²) in [6, 6.07) is 7.69. The van der Waals surface area contributed by atoms with E-state index in [4.69, 9.17) is 0 Å². The van der Waals surface area contributed by atoms with E-state index in [1.807, 2.05) is 41.0 Å². The molecule has 1 spiro atoms. The highest BCUT2D eigenvalue weighted by Crippen LogP contribution is 2.37. The van der Waals surface area contributed by atoms with E-state index in [1.54, 1.807) is 0 Å². The van der Waals surface area contributed by atoms with Crippen LogP contribution in [0.3, 0.4) is 0 Å². The van der Waals surface area contributed by atoms with E-state index < -0.39 is 0 Å². The fourth-order valence-corrected chi connectivity index (χ4v) is 5.23. The molecular weight excluding hydrogens is 402 g/mol. The van der Waals surface area contributed by atoms with Crippen LogP contribution in [0.4, 0.5) is 0 Å². The summed E-state index contributed by atoms with van der Waals surface area (Å²) in [6.07, 6.45) is 3.82. The predicted octanol–water partition coefficient (Wildman–Crippen LogP) is 2.23. The molecule has 3 saturated heterocycles. The third kappa shape index (κ3) is 4.66. The molecule has 2 atom stereocenters. The molecule has 2 N–H and O–H groups in total. The average Bonchev–Trinajstić information content (AvgIpc) is 2.76. The van der Waals surface area contributed by atoms with Crippen LogP contribution in [0.2, 0.25) is 0 Å². The SMILES string of the molecule is Cc1ccc(C(=O)N2CCC(C(=O)N3CCC[C@]4(CNCC[C@@H]4O)C3)CC2)cc1.Cl. The molecule has 1 aromatic carbocycles. The van der Waals surface area contributed by atoms with Gasteiger partial charge in [-0.25, -0.2) is 0 Å². The minimum Gasteiger partial charge on any atom is -0.392 e. The number of nitrogens with zero attached hydrogens (tertiary/aromatic N) is 2. The number of aryl methyl sites for hydroxylation is 1. The van der Waals surface area contributed by atoms with E-state index in [-0.39, 0.29) is 41.7 Å². The van der Waals surface area contributed by atoms with Crippen molar-refractivity contribution in [1.29, 1.82) is 0 Å². The quantitative estimate of drug-likeness (QED) is 0.747. The Hall–Kier alpha value is -1.63. The number of likely N-dealkylation sites (tertiary alicyclic amines) is 2. The lowest BCUT2D eigenvalue weighted by molar-refractivity contribution is -0.144. The normalized spacial score (nSPS) is 27.6. The van der Waals surface area contributed by atoms with E-state index in [0.717, 1.165) is 62.9 Å². The summed E-state index contributed by atoms with van der Waals surface area (Å²) in [5.41, 5.74) is 1.68. The third-order valence-electron chi connectivity index (χ3n) is 7.13. The molecule has 0 aromatic heterocycles. The number of amides is 2. The van der Waals surface area contributed by atoms with Crippen molar-refractivity contribution >= 4 is 24.2 Å². The third-order valence-corrected chi connectivity index (χ3v) is 7.13. The molecular formula is C23H34ClN3O3. The van der Waals surface area contributed by atoms with Gasteiger partial charge in [-0.1, -0.05) is 17.7 Å². The zero-order valence-corrected chi connectivity index (χ0v) is 18.6. The highest BCUT2D eigenvalue weighted by Gasteiger charge is 2.45. The molecule has 7 heteroatoms. The molecule has 3 aliphatic heterocycles. The summed E-state index contributed by atoms with van der Waals surface area (Å²) in [5, 5.41) is 14.0. The number of benzene rings is 1. The number of carbonyl (C=O) groups is 2. The van der Waals surface area contributed by atoms with Crippen molar-refractivity contribution in [1.82, 2.24) is 15.1 Å². The van der Waals surface area contributed by atoms with Gasteiger partial charge in [-0.2, -0.15) is 0 Å². The summed E-state index contributed by atoms with van der Waals surface area (Å²) in [4.78, 5) is 29.8. The summed E-state index contributed by atoms with van der Waals surface area (Å²) < 4.78 is 0. The number of halogens is 1. The fourth-order valence-electron chi connectivity index (χ4n) is 5.23. The maximum absolute atomic E-state index is 13.2. The van der Waals surface area contributed by atoms with Gasteiger partial charge in [0.25, 0.3) is 5.91 Å². The van der Waals surface area contributed by atoms with Crippen molar-refractivity contribution in [3.8, 4) is 0 Å². The number of hydrogen-bond donors (Lipinski definition) is 2. The summed E-state index contributed by atoms with van der Waals surface area (Å²) >= 11 is 0. The fraction of sp³-hybridized carbons (Fsp3) is 0.652. The van der Waals surface area contributed by atoms with Crippen molar-refractivity contribution in [2.24, 2.45) is 11.3 Å². The Kier molecular flexibility index (Phi) is 7.43. The van der Waals surface area contributed by atoms with Crippen molar-refractivity contribution in [2.45, 2.75) is 45.1 Å². The molecule has 3 fully saturated rings. The zero-order chi connectivity index (χ0) is 20.4. The Labute approximate surface area is 185 Å². The minimum atomic E-state index is -0.326. The highest BCUT2D eigenvalue weighted by molar-refractivity contribution is 5.94.